The smallest absolute Gasteiger partial charge is 0.359 e. The number of aromatic amines is 1. The molecule has 33 heavy (non-hydrogen) atoms. The Morgan fingerprint density at radius 1 is 1.06 bits per heavy atom. The van der Waals surface area contributed by atoms with E-state index >= 15 is 0 Å². The maximum Gasteiger partial charge on any atom is 0.359 e. The number of ketones is 1. The van der Waals surface area contributed by atoms with Crippen LogP contribution in [0.2, 0.25) is 0 Å². The zero-order valence-corrected chi connectivity index (χ0v) is 19.4. The van der Waals surface area contributed by atoms with Crippen molar-refractivity contribution < 1.29 is 23.9 Å². The molecule has 0 aliphatic heterocycles. The lowest BCUT2D eigenvalue weighted by atomic mass is 10.1. The number of hydrogen-bond donors (Lipinski definition) is 1. The molecule has 0 fully saturated rings. The highest BCUT2D eigenvalue weighted by molar-refractivity contribution is 6.06. The summed E-state index contributed by atoms with van der Waals surface area (Å²) in [5.74, 6) is -1.70. The van der Waals surface area contributed by atoms with Gasteiger partial charge in [-0.2, -0.15) is 5.10 Å². The summed E-state index contributed by atoms with van der Waals surface area (Å²) in [7, 11) is 0. The maximum absolute atomic E-state index is 12.9. The van der Waals surface area contributed by atoms with Gasteiger partial charge in [-0.05, 0) is 38.3 Å². The molecule has 0 aliphatic carbocycles. The van der Waals surface area contributed by atoms with Crippen LogP contribution in [-0.2, 0) is 16.0 Å². The van der Waals surface area contributed by atoms with Gasteiger partial charge in [-0.15, -0.1) is 0 Å². The Balaban J connectivity index is 1.87. The molecule has 0 saturated carbocycles. The first-order chi connectivity index (χ1) is 15.6. The summed E-state index contributed by atoms with van der Waals surface area (Å²) >= 11 is 0. The van der Waals surface area contributed by atoms with Crippen LogP contribution < -0.4 is 5.56 Å². The molecule has 1 aromatic carbocycles. The van der Waals surface area contributed by atoms with Crippen LogP contribution in [0.25, 0.3) is 10.8 Å². The number of esters is 2. The first-order valence-corrected chi connectivity index (χ1v) is 10.7. The first kappa shape index (κ1) is 23.9. The Kier molecular flexibility index (Phi) is 7.10. The fourth-order valence-corrected chi connectivity index (χ4v) is 3.70. The van der Waals surface area contributed by atoms with E-state index < -0.39 is 24.3 Å². The quantitative estimate of drug-likeness (QED) is 0.411. The largest absolute Gasteiger partial charge is 0.461 e. The predicted octanol–water partition coefficient (Wildman–Crippen LogP) is 3.21. The van der Waals surface area contributed by atoms with Gasteiger partial charge in [0.1, 0.15) is 5.69 Å². The number of ether oxygens (including phenoxy) is 2. The minimum absolute atomic E-state index is 0.0339. The maximum atomic E-state index is 12.9. The van der Waals surface area contributed by atoms with Crippen LogP contribution in [0.15, 0.2) is 29.1 Å². The van der Waals surface area contributed by atoms with E-state index in [1.54, 1.807) is 45.0 Å². The number of Topliss-reactive ketones (excluding diaryl/α,β-unsaturated/α-hetero) is 1. The van der Waals surface area contributed by atoms with E-state index in [-0.39, 0.29) is 35.0 Å². The van der Waals surface area contributed by atoms with E-state index in [4.69, 9.17) is 9.47 Å². The fraction of sp³-hybridized carbons (Fsp3) is 0.375. The molecule has 0 saturated heterocycles. The molecule has 174 valence electrons. The van der Waals surface area contributed by atoms with Crippen molar-refractivity contribution in [2.24, 2.45) is 5.92 Å². The summed E-state index contributed by atoms with van der Waals surface area (Å²) in [6.07, 6.45) is 0. The zero-order valence-electron chi connectivity index (χ0n) is 19.4. The van der Waals surface area contributed by atoms with Gasteiger partial charge in [0.25, 0.3) is 5.56 Å². The highest BCUT2D eigenvalue weighted by Gasteiger charge is 2.25. The second kappa shape index (κ2) is 9.81. The standard InChI is InChI=1S/C24H27N3O6/c1-6-32-23(30)20-14(4)19(15(5)25-20)18(28)12-33-24(31)21-16-9-7-8-10-17(16)22(29)27(26-21)11-13(2)3/h7-10,13,25H,6,11-12H2,1-5H3. The van der Waals surface area contributed by atoms with Crippen molar-refractivity contribution in [1.29, 1.82) is 0 Å². The molecule has 0 bridgehead atoms. The van der Waals surface area contributed by atoms with Crippen LogP contribution in [0.1, 0.15) is 63.4 Å². The Morgan fingerprint density at radius 3 is 2.36 bits per heavy atom. The summed E-state index contributed by atoms with van der Waals surface area (Å²) in [4.78, 5) is 53.4. The third-order valence-corrected chi connectivity index (χ3v) is 5.13. The SMILES string of the molecule is CCOC(=O)c1[nH]c(C)c(C(=O)COC(=O)c2nn(CC(C)C)c(=O)c3ccccc23)c1C. The summed E-state index contributed by atoms with van der Waals surface area (Å²) < 4.78 is 11.5. The lowest BCUT2D eigenvalue weighted by Gasteiger charge is -2.12. The number of aryl methyl sites for hydroxylation is 1. The molecule has 0 amide bonds. The van der Waals surface area contributed by atoms with Crippen molar-refractivity contribution in [2.75, 3.05) is 13.2 Å². The summed E-state index contributed by atoms with van der Waals surface area (Å²) in [6.45, 7) is 8.84. The molecule has 9 heteroatoms. The van der Waals surface area contributed by atoms with Crippen molar-refractivity contribution in [3.63, 3.8) is 0 Å². The monoisotopic (exact) mass is 453 g/mol. The van der Waals surface area contributed by atoms with Gasteiger partial charge in [0.05, 0.1) is 12.0 Å². The first-order valence-electron chi connectivity index (χ1n) is 10.7. The minimum Gasteiger partial charge on any atom is -0.461 e. The predicted molar refractivity (Wildman–Crippen MR) is 122 cm³/mol. The van der Waals surface area contributed by atoms with Crippen molar-refractivity contribution in [3.05, 3.63) is 62.8 Å². The molecule has 1 N–H and O–H groups in total. The Labute approximate surface area is 190 Å². The second-order valence-electron chi connectivity index (χ2n) is 8.12. The third kappa shape index (κ3) is 4.87. The van der Waals surface area contributed by atoms with Crippen LogP contribution >= 0.6 is 0 Å². The molecule has 3 aromatic rings. The normalized spacial score (nSPS) is 11.1. The second-order valence-corrected chi connectivity index (χ2v) is 8.12. The number of benzene rings is 1. The fourth-order valence-electron chi connectivity index (χ4n) is 3.70. The van der Waals surface area contributed by atoms with Crippen LogP contribution in [0.3, 0.4) is 0 Å². The molecular weight excluding hydrogens is 426 g/mol. The summed E-state index contributed by atoms with van der Waals surface area (Å²) in [6, 6.07) is 6.65. The Morgan fingerprint density at radius 2 is 1.73 bits per heavy atom. The van der Waals surface area contributed by atoms with Gasteiger partial charge in [-0.3, -0.25) is 9.59 Å². The van der Waals surface area contributed by atoms with Crippen molar-refractivity contribution in [2.45, 2.75) is 41.2 Å². The number of nitrogens with one attached hydrogen (secondary N) is 1. The third-order valence-electron chi connectivity index (χ3n) is 5.13. The molecule has 9 nitrogen and oxygen atoms in total. The number of hydrogen-bond acceptors (Lipinski definition) is 7. The lowest BCUT2D eigenvalue weighted by Crippen LogP contribution is -2.28. The van der Waals surface area contributed by atoms with Gasteiger partial charge < -0.3 is 14.5 Å². The molecule has 3 rings (SSSR count). The Bertz CT molecular complexity index is 1290. The molecule has 0 unspecified atom stereocenters. The molecule has 0 radical (unpaired) electrons. The number of rotatable bonds is 8. The number of carbonyl (C=O) groups excluding carboxylic acids is 3. The van der Waals surface area contributed by atoms with Gasteiger partial charge in [0, 0.05) is 23.2 Å². The Hall–Kier alpha value is -3.75. The number of nitrogens with zero attached hydrogens (tertiary/aromatic N) is 2. The minimum atomic E-state index is -0.812. The number of fused-ring (bicyclic) bond motifs is 1. The van der Waals surface area contributed by atoms with E-state index in [1.165, 1.54) is 4.68 Å². The molecule has 0 aliphatic rings. The van der Waals surface area contributed by atoms with Crippen molar-refractivity contribution in [1.82, 2.24) is 14.8 Å². The van der Waals surface area contributed by atoms with E-state index in [0.29, 0.717) is 28.6 Å². The van der Waals surface area contributed by atoms with Gasteiger partial charge >= 0.3 is 11.9 Å². The van der Waals surface area contributed by atoms with Crippen molar-refractivity contribution in [3.8, 4) is 0 Å². The van der Waals surface area contributed by atoms with Crippen LogP contribution in [-0.4, -0.2) is 45.7 Å². The molecule has 0 atom stereocenters. The highest BCUT2D eigenvalue weighted by atomic mass is 16.5. The van der Waals surface area contributed by atoms with Gasteiger partial charge in [-0.25, -0.2) is 14.3 Å². The number of aromatic nitrogens is 3. The molecule has 2 aromatic heterocycles. The van der Waals surface area contributed by atoms with Gasteiger partial charge in [0.15, 0.2) is 12.3 Å². The van der Waals surface area contributed by atoms with Crippen LogP contribution in [0, 0.1) is 19.8 Å². The van der Waals surface area contributed by atoms with Gasteiger partial charge in [0.2, 0.25) is 5.78 Å². The highest BCUT2D eigenvalue weighted by Crippen LogP contribution is 2.20. The van der Waals surface area contributed by atoms with E-state index in [1.807, 2.05) is 13.8 Å². The number of carbonyl (C=O) groups is 3. The molecule has 2 heterocycles. The molecule has 0 spiro atoms. The van der Waals surface area contributed by atoms with E-state index in [9.17, 15) is 19.2 Å². The average molecular weight is 453 g/mol. The lowest BCUT2D eigenvalue weighted by molar-refractivity contribution is 0.0466. The molecular formula is C24H27N3O6. The van der Waals surface area contributed by atoms with Crippen LogP contribution in [0.5, 0.6) is 0 Å². The summed E-state index contributed by atoms with van der Waals surface area (Å²) in [5, 5.41) is 4.93. The van der Waals surface area contributed by atoms with Gasteiger partial charge in [-0.1, -0.05) is 32.0 Å². The summed E-state index contributed by atoms with van der Waals surface area (Å²) in [5.41, 5.74) is 1.04. The van der Waals surface area contributed by atoms with Crippen LogP contribution in [0.4, 0.5) is 0 Å². The average Bonchev–Trinajstić information content (AvgIpc) is 3.07. The van der Waals surface area contributed by atoms with E-state index in [2.05, 4.69) is 10.1 Å². The topological polar surface area (TPSA) is 120 Å². The zero-order chi connectivity index (χ0) is 24.3. The number of H-pyrrole nitrogens is 1. The van der Waals surface area contributed by atoms with E-state index in [0.717, 1.165) is 0 Å². The van der Waals surface area contributed by atoms with Crippen molar-refractivity contribution >= 4 is 28.5 Å².